The molecule has 0 radical (unpaired) electrons. The Balaban J connectivity index is 2.07. The van der Waals surface area contributed by atoms with Crippen LogP contribution in [0.2, 0.25) is 0 Å². The number of aryl methyl sites for hydroxylation is 2. The highest BCUT2D eigenvalue weighted by Gasteiger charge is 2.26. The molecule has 3 atom stereocenters. The molecule has 0 aromatic heterocycles. The number of benzene rings is 1. The van der Waals surface area contributed by atoms with Crippen LogP contribution in [-0.4, -0.2) is 31.6 Å². The van der Waals surface area contributed by atoms with Gasteiger partial charge in [0.1, 0.15) is 0 Å². The molecule has 1 aromatic rings. The SMILES string of the molecule is CNC(CN(C)C1CCCCC1C)c1ccc(C)cc1C. The minimum Gasteiger partial charge on any atom is -0.312 e. The summed E-state index contributed by atoms with van der Waals surface area (Å²) in [5, 5.41) is 3.52. The highest BCUT2D eigenvalue weighted by molar-refractivity contribution is 5.33. The molecule has 1 aromatic carbocycles. The lowest BCUT2D eigenvalue weighted by molar-refractivity contribution is 0.129. The first-order chi connectivity index (χ1) is 10.0. The highest BCUT2D eigenvalue weighted by atomic mass is 15.2. The van der Waals surface area contributed by atoms with E-state index in [9.17, 15) is 0 Å². The molecule has 21 heavy (non-hydrogen) atoms. The maximum absolute atomic E-state index is 3.52. The van der Waals surface area contributed by atoms with Gasteiger partial charge >= 0.3 is 0 Å². The van der Waals surface area contributed by atoms with Gasteiger partial charge in [-0.2, -0.15) is 0 Å². The molecule has 2 heteroatoms. The Morgan fingerprint density at radius 1 is 1.24 bits per heavy atom. The van der Waals surface area contributed by atoms with Gasteiger partial charge in [0.15, 0.2) is 0 Å². The van der Waals surface area contributed by atoms with Crippen LogP contribution in [0.25, 0.3) is 0 Å². The van der Waals surface area contributed by atoms with Crippen LogP contribution < -0.4 is 5.32 Å². The molecule has 0 aliphatic heterocycles. The van der Waals surface area contributed by atoms with E-state index in [2.05, 4.69) is 63.3 Å². The quantitative estimate of drug-likeness (QED) is 0.878. The molecular formula is C19H32N2. The van der Waals surface area contributed by atoms with Gasteiger partial charge < -0.3 is 10.2 Å². The van der Waals surface area contributed by atoms with Crippen molar-refractivity contribution in [1.82, 2.24) is 10.2 Å². The molecule has 2 rings (SSSR count). The summed E-state index contributed by atoms with van der Waals surface area (Å²) in [5.41, 5.74) is 4.19. The second-order valence-electron chi connectivity index (χ2n) is 6.97. The Bertz CT molecular complexity index is 455. The van der Waals surface area contributed by atoms with Crippen LogP contribution >= 0.6 is 0 Å². The fourth-order valence-electron chi connectivity index (χ4n) is 3.94. The van der Waals surface area contributed by atoms with Crippen LogP contribution in [0.3, 0.4) is 0 Å². The molecule has 1 aliphatic carbocycles. The largest absolute Gasteiger partial charge is 0.312 e. The highest BCUT2D eigenvalue weighted by Crippen LogP contribution is 2.29. The van der Waals surface area contributed by atoms with Crippen LogP contribution in [0.1, 0.15) is 55.3 Å². The predicted octanol–water partition coefficient (Wildman–Crippen LogP) is 4.07. The topological polar surface area (TPSA) is 15.3 Å². The second-order valence-corrected chi connectivity index (χ2v) is 6.97. The van der Waals surface area contributed by atoms with E-state index in [1.165, 1.54) is 42.4 Å². The fourth-order valence-corrected chi connectivity index (χ4v) is 3.94. The van der Waals surface area contributed by atoms with E-state index in [1.807, 2.05) is 0 Å². The minimum absolute atomic E-state index is 0.421. The van der Waals surface area contributed by atoms with Gasteiger partial charge in [-0.15, -0.1) is 0 Å². The zero-order valence-corrected chi connectivity index (χ0v) is 14.4. The first-order valence-corrected chi connectivity index (χ1v) is 8.47. The summed E-state index contributed by atoms with van der Waals surface area (Å²) in [6.07, 6.45) is 5.56. The average molecular weight is 288 g/mol. The number of nitrogens with one attached hydrogen (secondary N) is 1. The molecule has 1 aliphatic rings. The maximum Gasteiger partial charge on any atom is 0.0449 e. The lowest BCUT2D eigenvalue weighted by Crippen LogP contribution is -2.43. The Hall–Kier alpha value is -0.860. The summed E-state index contributed by atoms with van der Waals surface area (Å²) in [6.45, 7) is 7.91. The predicted molar refractivity (Wildman–Crippen MR) is 91.8 cm³/mol. The van der Waals surface area contributed by atoms with Crippen LogP contribution in [0, 0.1) is 19.8 Å². The number of hydrogen-bond acceptors (Lipinski definition) is 2. The summed E-state index contributed by atoms with van der Waals surface area (Å²) in [6, 6.07) is 7.99. The molecule has 2 nitrogen and oxygen atoms in total. The van der Waals surface area contributed by atoms with Crippen LogP contribution in [0.15, 0.2) is 18.2 Å². The van der Waals surface area contributed by atoms with Crippen molar-refractivity contribution in [3.05, 3.63) is 34.9 Å². The maximum atomic E-state index is 3.52. The van der Waals surface area contributed by atoms with Gasteiger partial charge in [-0.3, -0.25) is 0 Å². The van der Waals surface area contributed by atoms with Gasteiger partial charge in [0.2, 0.25) is 0 Å². The third-order valence-electron chi connectivity index (χ3n) is 5.25. The Kier molecular flexibility index (Phi) is 5.83. The van der Waals surface area contributed by atoms with E-state index in [1.54, 1.807) is 0 Å². The zero-order chi connectivity index (χ0) is 15.4. The van der Waals surface area contributed by atoms with Crippen molar-refractivity contribution in [3.8, 4) is 0 Å². The number of likely N-dealkylation sites (N-methyl/N-ethyl adjacent to an activating group) is 2. The molecule has 0 heterocycles. The Morgan fingerprint density at radius 2 is 1.95 bits per heavy atom. The Labute approximate surface area is 130 Å². The van der Waals surface area contributed by atoms with E-state index >= 15 is 0 Å². The normalized spacial score (nSPS) is 24.3. The van der Waals surface area contributed by atoms with Gasteiger partial charge in [-0.25, -0.2) is 0 Å². The van der Waals surface area contributed by atoms with Crippen LogP contribution in [0.5, 0.6) is 0 Å². The van der Waals surface area contributed by atoms with Gasteiger partial charge in [-0.05, 0) is 57.8 Å². The van der Waals surface area contributed by atoms with E-state index in [-0.39, 0.29) is 0 Å². The molecule has 1 N–H and O–H groups in total. The molecule has 1 fully saturated rings. The molecule has 0 bridgehead atoms. The summed E-state index contributed by atoms with van der Waals surface area (Å²) >= 11 is 0. The van der Waals surface area contributed by atoms with Crippen molar-refractivity contribution in [2.24, 2.45) is 5.92 Å². The van der Waals surface area contributed by atoms with Gasteiger partial charge in [-0.1, -0.05) is 43.5 Å². The van der Waals surface area contributed by atoms with E-state index in [4.69, 9.17) is 0 Å². The van der Waals surface area contributed by atoms with Gasteiger partial charge in [0.25, 0.3) is 0 Å². The van der Waals surface area contributed by atoms with Crippen molar-refractivity contribution >= 4 is 0 Å². The number of hydrogen-bond donors (Lipinski definition) is 1. The van der Waals surface area contributed by atoms with Crippen molar-refractivity contribution in [2.45, 2.75) is 58.5 Å². The summed E-state index contributed by atoms with van der Waals surface area (Å²) in [7, 11) is 4.39. The lowest BCUT2D eigenvalue weighted by Gasteiger charge is -2.38. The van der Waals surface area contributed by atoms with Crippen LogP contribution in [-0.2, 0) is 0 Å². The Morgan fingerprint density at radius 3 is 2.57 bits per heavy atom. The second kappa shape index (κ2) is 7.42. The van der Waals surface area contributed by atoms with E-state index in [0.29, 0.717) is 6.04 Å². The van der Waals surface area contributed by atoms with Crippen molar-refractivity contribution in [3.63, 3.8) is 0 Å². The smallest absolute Gasteiger partial charge is 0.0449 e. The first kappa shape index (κ1) is 16.5. The lowest BCUT2D eigenvalue weighted by atomic mass is 9.84. The fraction of sp³-hybridized carbons (Fsp3) is 0.684. The van der Waals surface area contributed by atoms with E-state index in [0.717, 1.165) is 18.5 Å². The standard InChI is InChI=1S/C19H32N2/c1-14-10-11-17(16(3)12-14)18(20-4)13-21(5)19-9-7-6-8-15(19)2/h10-12,15,18-20H,6-9,13H2,1-5H3. The molecule has 118 valence electrons. The summed E-state index contributed by atoms with van der Waals surface area (Å²) < 4.78 is 0. The minimum atomic E-state index is 0.421. The third-order valence-corrected chi connectivity index (χ3v) is 5.25. The van der Waals surface area contributed by atoms with Crippen LogP contribution in [0.4, 0.5) is 0 Å². The third kappa shape index (κ3) is 4.08. The molecule has 0 spiro atoms. The number of rotatable bonds is 5. The number of nitrogens with zero attached hydrogens (tertiary/aromatic N) is 1. The molecule has 0 saturated heterocycles. The molecule has 1 saturated carbocycles. The van der Waals surface area contributed by atoms with Gasteiger partial charge in [0, 0.05) is 18.6 Å². The first-order valence-electron chi connectivity index (χ1n) is 8.47. The average Bonchev–Trinajstić information content (AvgIpc) is 2.45. The molecular weight excluding hydrogens is 256 g/mol. The van der Waals surface area contributed by atoms with E-state index < -0.39 is 0 Å². The molecule has 3 unspecified atom stereocenters. The summed E-state index contributed by atoms with van der Waals surface area (Å²) in [5.74, 6) is 0.834. The van der Waals surface area contributed by atoms with Gasteiger partial charge in [0.05, 0.1) is 0 Å². The van der Waals surface area contributed by atoms with Crippen molar-refractivity contribution in [2.75, 3.05) is 20.6 Å². The molecule has 0 amide bonds. The monoisotopic (exact) mass is 288 g/mol. The zero-order valence-electron chi connectivity index (χ0n) is 14.4. The van der Waals surface area contributed by atoms with Crippen molar-refractivity contribution in [1.29, 1.82) is 0 Å². The van der Waals surface area contributed by atoms with Crippen molar-refractivity contribution < 1.29 is 0 Å². The summed E-state index contributed by atoms with van der Waals surface area (Å²) in [4.78, 5) is 2.59.